The third-order valence-electron chi connectivity index (χ3n) is 3.66. The number of anilines is 1. The Labute approximate surface area is 143 Å². The van der Waals surface area contributed by atoms with E-state index in [2.05, 4.69) is 5.32 Å². The van der Waals surface area contributed by atoms with E-state index in [9.17, 15) is 17.6 Å². The van der Waals surface area contributed by atoms with E-state index in [0.717, 1.165) is 0 Å². The van der Waals surface area contributed by atoms with E-state index >= 15 is 0 Å². The molecular formula is C17H15FN2O4S. The number of carbonyl (C=O) groups excluding carboxylic acids is 1. The minimum Gasteiger partial charge on any atom is -0.451 e. The molecule has 3 aromatic rings. The van der Waals surface area contributed by atoms with Gasteiger partial charge in [0.2, 0.25) is 10.0 Å². The Kier molecular flexibility index (Phi) is 4.32. The molecule has 0 aliphatic carbocycles. The van der Waals surface area contributed by atoms with Crippen molar-refractivity contribution >= 4 is 32.6 Å². The molecule has 0 saturated carbocycles. The average molecular weight is 362 g/mol. The number of amides is 1. The molecule has 0 saturated heterocycles. The lowest BCUT2D eigenvalue weighted by Gasteiger charge is -2.06. The number of rotatable bonds is 4. The van der Waals surface area contributed by atoms with E-state index in [1.54, 1.807) is 25.1 Å². The minimum atomic E-state index is -3.67. The standard InChI is InChI=1S/C17H15FN2O4S/c1-10-14-8-12(18)5-6-15(14)24-16(10)17(21)20-13-4-2-3-11(7-13)9-25(19,22)23/h2-8H,9H2,1H3,(H,20,21)(H2,19,22,23). The van der Waals surface area contributed by atoms with Gasteiger partial charge in [-0.3, -0.25) is 4.79 Å². The Morgan fingerprint density at radius 3 is 2.72 bits per heavy atom. The van der Waals surface area contributed by atoms with Crippen molar-refractivity contribution in [1.82, 2.24) is 0 Å². The number of furan rings is 1. The Morgan fingerprint density at radius 2 is 2.00 bits per heavy atom. The lowest BCUT2D eigenvalue weighted by atomic mass is 10.1. The number of primary sulfonamides is 1. The number of hydrogen-bond acceptors (Lipinski definition) is 4. The highest BCUT2D eigenvalue weighted by Crippen LogP contribution is 2.26. The van der Waals surface area contributed by atoms with Gasteiger partial charge in [-0.1, -0.05) is 12.1 Å². The van der Waals surface area contributed by atoms with Crippen LogP contribution in [0, 0.1) is 12.7 Å². The van der Waals surface area contributed by atoms with Gasteiger partial charge in [0.1, 0.15) is 11.4 Å². The van der Waals surface area contributed by atoms with Crippen molar-refractivity contribution in [2.45, 2.75) is 12.7 Å². The summed E-state index contributed by atoms with van der Waals surface area (Å²) < 4.78 is 41.2. The Bertz CT molecular complexity index is 1070. The molecule has 6 nitrogen and oxygen atoms in total. The van der Waals surface area contributed by atoms with Crippen LogP contribution in [0.1, 0.15) is 21.7 Å². The van der Waals surface area contributed by atoms with Gasteiger partial charge in [-0.25, -0.2) is 17.9 Å². The van der Waals surface area contributed by atoms with Gasteiger partial charge in [0.05, 0.1) is 5.75 Å². The monoisotopic (exact) mass is 362 g/mol. The van der Waals surface area contributed by atoms with E-state index in [4.69, 9.17) is 9.56 Å². The highest BCUT2D eigenvalue weighted by molar-refractivity contribution is 7.88. The second-order valence-electron chi connectivity index (χ2n) is 5.66. The number of sulfonamides is 1. The molecule has 0 unspecified atom stereocenters. The molecule has 0 radical (unpaired) electrons. The Balaban J connectivity index is 1.88. The lowest BCUT2D eigenvalue weighted by Crippen LogP contribution is -2.15. The molecular weight excluding hydrogens is 347 g/mol. The van der Waals surface area contributed by atoms with Gasteiger partial charge in [0.15, 0.2) is 5.76 Å². The van der Waals surface area contributed by atoms with Crippen LogP contribution in [-0.4, -0.2) is 14.3 Å². The number of fused-ring (bicyclic) bond motifs is 1. The number of hydrogen-bond donors (Lipinski definition) is 2. The highest BCUT2D eigenvalue weighted by atomic mass is 32.2. The largest absolute Gasteiger partial charge is 0.451 e. The van der Waals surface area contributed by atoms with Gasteiger partial charge in [0.25, 0.3) is 5.91 Å². The van der Waals surface area contributed by atoms with E-state index in [1.165, 1.54) is 24.3 Å². The predicted octanol–water partition coefficient (Wildman–Crippen LogP) is 2.92. The van der Waals surface area contributed by atoms with Crippen LogP contribution in [0.15, 0.2) is 46.9 Å². The van der Waals surface area contributed by atoms with Crippen LogP contribution in [0.25, 0.3) is 11.0 Å². The molecule has 1 aromatic heterocycles. The summed E-state index contributed by atoms with van der Waals surface area (Å²) in [6.45, 7) is 1.66. The zero-order valence-electron chi connectivity index (χ0n) is 13.2. The fourth-order valence-electron chi connectivity index (χ4n) is 2.57. The molecule has 1 heterocycles. The first-order chi connectivity index (χ1) is 11.7. The van der Waals surface area contributed by atoms with Gasteiger partial charge in [-0.05, 0) is 42.8 Å². The normalized spacial score (nSPS) is 11.6. The van der Waals surface area contributed by atoms with Gasteiger partial charge in [-0.15, -0.1) is 0 Å². The maximum atomic E-state index is 13.4. The molecule has 0 spiro atoms. The van der Waals surface area contributed by atoms with Crippen molar-refractivity contribution in [2.75, 3.05) is 5.32 Å². The van der Waals surface area contributed by atoms with E-state index in [1.807, 2.05) is 0 Å². The number of halogens is 1. The molecule has 0 fully saturated rings. The summed E-state index contributed by atoms with van der Waals surface area (Å²) in [6, 6.07) is 10.3. The molecule has 130 valence electrons. The van der Waals surface area contributed by atoms with Crippen molar-refractivity contribution in [1.29, 1.82) is 0 Å². The number of aryl methyl sites for hydroxylation is 1. The van der Waals surface area contributed by atoms with Crippen LogP contribution < -0.4 is 10.5 Å². The Hall–Kier alpha value is -2.71. The fourth-order valence-corrected chi connectivity index (χ4v) is 3.21. The van der Waals surface area contributed by atoms with Crippen molar-refractivity contribution < 1.29 is 22.0 Å². The molecule has 25 heavy (non-hydrogen) atoms. The maximum Gasteiger partial charge on any atom is 0.291 e. The molecule has 3 rings (SSSR count). The van der Waals surface area contributed by atoms with Gasteiger partial charge >= 0.3 is 0 Å². The number of carbonyl (C=O) groups is 1. The first-order valence-electron chi connectivity index (χ1n) is 7.32. The molecule has 3 N–H and O–H groups in total. The summed E-state index contributed by atoms with van der Waals surface area (Å²) in [7, 11) is -3.67. The average Bonchev–Trinajstić information content (AvgIpc) is 2.83. The third kappa shape index (κ3) is 3.86. The molecule has 0 aliphatic heterocycles. The first kappa shape index (κ1) is 17.1. The lowest BCUT2D eigenvalue weighted by molar-refractivity contribution is 0.0998. The van der Waals surface area contributed by atoms with Gasteiger partial charge in [0, 0.05) is 16.6 Å². The minimum absolute atomic E-state index is 0.0671. The molecule has 0 atom stereocenters. The van der Waals surface area contributed by atoms with Crippen molar-refractivity contribution in [3.05, 3.63) is 65.2 Å². The second-order valence-corrected chi connectivity index (χ2v) is 7.27. The Morgan fingerprint density at radius 1 is 1.24 bits per heavy atom. The van der Waals surface area contributed by atoms with Crippen LogP contribution in [-0.2, 0) is 15.8 Å². The summed E-state index contributed by atoms with van der Waals surface area (Å²) in [6.07, 6.45) is 0. The molecule has 0 bridgehead atoms. The van der Waals surface area contributed by atoms with E-state index in [0.29, 0.717) is 27.8 Å². The third-order valence-corrected chi connectivity index (χ3v) is 4.39. The smallest absolute Gasteiger partial charge is 0.291 e. The van der Waals surface area contributed by atoms with Crippen molar-refractivity contribution in [3.63, 3.8) is 0 Å². The highest BCUT2D eigenvalue weighted by Gasteiger charge is 2.18. The van der Waals surface area contributed by atoms with Crippen LogP contribution in [0.5, 0.6) is 0 Å². The molecule has 1 amide bonds. The SMILES string of the molecule is Cc1c(C(=O)Nc2cccc(CS(N)(=O)=O)c2)oc2ccc(F)cc12. The fraction of sp³-hybridized carbons (Fsp3) is 0.118. The van der Waals surface area contributed by atoms with Crippen LogP contribution in [0.4, 0.5) is 10.1 Å². The van der Waals surface area contributed by atoms with Crippen LogP contribution in [0.2, 0.25) is 0 Å². The van der Waals surface area contributed by atoms with Gasteiger partial charge < -0.3 is 9.73 Å². The van der Waals surface area contributed by atoms with Gasteiger partial charge in [-0.2, -0.15) is 0 Å². The number of benzene rings is 2. The summed E-state index contributed by atoms with van der Waals surface area (Å²) >= 11 is 0. The summed E-state index contributed by atoms with van der Waals surface area (Å²) in [5.41, 5.74) is 1.78. The first-order valence-corrected chi connectivity index (χ1v) is 9.04. The van der Waals surface area contributed by atoms with E-state index < -0.39 is 21.7 Å². The van der Waals surface area contributed by atoms with E-state index in [-0.39, 0.29) is 11.5 Å². The number of nitrogens with two attached hydrogens (primary N) is 1. The zero-order valence-corrected chi connectivity index (χ0v) is 14.1. The summed E-state index contributed by atoms with van der Waals surface area (Å²) in [5.74, 6) is -1.20. The maximum absolute atomic E-state index is 13.4. The van der Waals surface area contributed by atoms with Crippen molar-refractivity contribution in [3.8, 4) is 0 Å². The second kappa shape index (κ2) is 6.30. The predicted molar refractivity (Wildman–Crippen MR) is 92.1 cm³/mol. The molecule has 8 heteroatoms. The topological polar surface area (TPSA) is 102 Å². The molecule has 0 aliphatic rings. The van der Waals surface area contributed by atoms with Crippen molar-refractivity contribution in [2.24, 2.45) is 5.14 Å². The zero-order chi connectivity index (χ0) is 18.2. The summed E-state index contributed by atoms with van der Waals surface area (Å²) in [4.78, 5) is 12.4. The number of nitrogens with one attached hydrogen (secondary N) is 1. The summed E-state index contributed by atoms with van der Waals surface area (Å²) in [5, 5.41) is 8.18. The van der Waals surface area contributed by atoms with Crippen LogP contribution >= 0.6 is 0 Å². The van der Waals surface area contributed by atoms with Crippen LogP contribution in [0.3, 0.4) is 0 Å². The quantitative estimate of drug-likeness (QED) is 0.745. The molecule has 2 aromatic carbocycles.